The lowest BCUT2D eigenvalue weighted by molar-refractivity contribution is -0.137. The van der Waals surface area contributed by atoms with E-state index < -0.39 is 17.6 Å². The number of halogens is 3. The highest BCUT2D eigenvalue weighted by molar-refractivity contribution is 6.06. The number of carbonyl (C=O) groups excluding carboxylic acids is 2. The predicted octanol–water partition coefficient (Wildman–Crippen LogP) is 4.63. The van der Waals surface area contributed by atoms with E-state index in [9.17, 15) is 22.8 Å². The van der Waals surface area contributed by atoms with Crippen LogP contribution in [-0.2, 0) is 6.18 Å². The molecule has 0 aliphatic carbocycles. The molecule has 0 radical (unpaired) electrons. The number of nitrogens with zero attached hydrogens (tertiary/aromatic N) is 2. The van der Waals surface area contributed by atoms with Crippen LogP contribution in [0.5, 0.6) is 0 Å². The summed E-state index contributed by atoms with van der Waals surface area (Å²) in [5.41, 5.74) is 0.961. The minimum atomic E-state index is -4.46. The van der Waals surface area contributed by atoms with Crippen molar-refractivity contribution in [3.05, 3.63) is 59.2 Å². The molecule has 3 rings (SSSR count). The van der Waals surface area contributed by atoms with E-state index in [1.54, 1.807) is 12.1 Å². The second-order valence-corrected chi connectivity index (χ2v) is 8.24. The molecule has 0 unspecified atom stereocenters. The third kappa shape index (κ3) is 6.50. The number of nitrogens with one attached hydrogen (secondary N) is 2. The van der Waals surface area contributed by atoms with Crippen LogP contribution in [0.2, 0.25) is 0 Å². The Labute approximate surface area is 198 Å². The molecule has 0 saturated carbocycles. The normalized spacial score (nSPS) is 13.9. The molecular weight excluding hydrogens is 445 g/mol. The average molecular weight is 477 g/mol. The molecule has 6 nitrogen and oxygen atoms in total. The van der Waals surface area contributed by atoms with Gasteiger partial charge < -0.3 is 20.4 Å². The summed E-state index contributed by atoms with van der Waals surface area (Å²) < 4.78 is 38.3. The Morgan fingerprint density at radius 3 is 2.21 bits per heavy atom. The summed E-state index contributed by atoms with van der Waals surface area (Å²) in [6.07, 6.45) is -2.36. The minimum Gasteiger partial charge on any atom is -0.371 e. The fourth-order valence-electron chi connectivity index (χ4n) is 4.01. The van der Waals surface area contributed by atoms with E-state index in [4.69, 9.17) is 0 Å². The van der Waals surface area contributed by atoms with Crippen molar-refractivity contribution < 1.29 is 22.8 Å². The van der Waals surface area contributed by atoms with Crippen LogP contribution in [0, 0.1) is 0 Å². The standard InChI is InChI=1S/C25H31F3N4O2/c1-3-31(4-2)16-13-29-24(34)21-17-20(11-12-22(21)32-14-5-6-15-32)30-23(33)18-7-9-19(10-8-18)25(26,27)28/h7-12,17H,3-6,13-16H2,1-2H3,(H,29,34)(H,30,33). The van der Waals surface area contributed by atoms with Crippen molar-refractivity contribution in [2.24, 2.45) is 0 Å². The highest BCUT2D eigenvalue weighted by Crippen LogP contribution is 2.30. The van der Waals surface area contributed by atoms with Crippen LogP contribution >= 0.6 is 0 Å². The molecule has 0 aromatic heterocycles. The van der Waals surface area contributed by atoms with Crippen LogP contribution in [0.15, 0.2) is 42.5 Å². The minimum absolute atomic E-state index is 0.0989. The number of hydrogen-bond acceptors (Lipinski definition) is 4. The third-order valence-electron chi connectivity index (χ3n) is 6.03. The van der Waals surface area contributed by atoms with Gasteiger partial charge in [0.2, 0.25) is 0 Å². The maximum atomic E-state index is 13.0. The van der Waals surface area contributed by atoms with Gasteiger partial charge in [-0.15, -0.1) is 0 Å². The van der Waals surface area contributed by atoms with Crippen molar-refractivity contribution in [3.8, 4) is 0 Å². The van der Waals surface area contributed by atoms with E-state index in [-0.39, 0.29) is 11.5 Å². The number of anilines is 2. The van der Waals surface area contributed by atoms with Crippen LogP contribution in [-0.4, -0.2) is 56.0 Å². The first-order valence-corrected chi connectivity index (χ1v) is 11.6. The number of amides is 2. The Kier molecular flexibility index (Phi) is 8.55. The number of benzene rings is 2. The van der Waals surface area contributed by atoms with E-state index in [1.165, 1.54) is 0 Å². The topological polar surface area (TPSA) is 64.7 Å². The van der Waals surface area contributed by atoms with Crippen LogP contribution in [0.1, 0.15) is 53.0 Å². The van der Waals surface area contributed by atoms with Gasteiger partial charge in [-0.05, 0) is 68.4 Å². The van der Waals surface area contributed by atoms with Crippen LogP contribution < -0.4 is 15.5 Å². The van der Waals surface area contributed by atoms with Gasteiger partial charge in [0, 0.05) is 43.1 Å². The average Bonchev–Trinajstić information content (AvgIpc) is 3.36. The first-order chi connectivity index (χ1) is 16.2. The molecule has 34 heavy (non-hydrogen) atoms. The van der Waals surface area contributed by atoms with E-state index in [0.717, 1.165) is 75.5 Å². The molecule has 0 spiro atoms. The molecule has 1 saturated heterocycles. The second kappa shape index (κ2) is 11.4. The summed E-state index contributed by atoms with van der Waals surface area (Å²) in [4.78, 5) is 30.0. The van der Waals surface area contributed by atoms with Crippen molar-refractivity contribution in [2.45, 2.75) is 32.9 Å². The second-order valence-electron chi connectivity index (χ2n) is 8.24. The number of carbonyl (C=O) groups is 2. The number of alkyl halides is 3. The van der Waals surface area contributed by atoms with Crippen molar-refractivity contribution in [2.75, 3.05) is 49.5 Å². The van der Waals surface area contributed by atoms with Gasteiger partial charge in [0.15, 0.2) is 0 Å². The largest absolute Gasteiger partial charge is 0.416 e. The number of likely N-dealkylation sites (N-methyl/N-ethyl adjacent to an activating group) is 1. The smallest absolute Gasteiger partial charge is 0.371 e. The molecule has 2 amide bonds. The molecule has 184 valence electrons. The quantitative estimate of drug-likeness (QED) is 0.554. The van der Waals surface area contributed by atoms with Crippen LogP contribution in [0.25, 0.3) is 0 Å². The molecule has 1 fully saturated rings. The fraction of sp³-hybridized carbons (Fsp3) is 0.440. The van der Waals surface area contributed by atoms with E-state index in [1.807, 2.05) is 6.07 Å². The van der Waals surface area contributed by atoms with Crippen molar-refractivity contribution in [3.63, 3.8) is 0 Å². The highest BCUT2D eigenvalue weighted by atomic mass is 19.4. The van der Waals surface area contributed by atoms with Gasteiger partial charge in [0.25, 0.3) is 11.8 Å². The summed E-state index contributed by atoms with van der Waals surface area (Å²) in [5, 5.41) is 5.66. The summed E-state index contributed by atoms with van der Waals surface area (Å²) in [6.45, 7) is 8.89. The lowest BCUT2D eigenvalue weighted by Crippen LogP contribution is -2.35. The Hall–Kier alpha value is -3.07. The van der Waals surface area contributed by atoms with Gasteiger partial charge in [-0.3, -0.25) is 9.59 Å². The van der Waals surface area contributed by atoms with Crippen molar-refractivity contribution in [1.29, 1.82) is 0 Å². The molecule has 0 atom stereocenters. The molecule has 1 heterocycles. The Morgan fingerprint density at radius 1 is 0.971 bits per heavy atom. The summed E-state index contributed by atoms with van der Waals surface area (Å²) in [5.74, 6) is -0.768. The van der Waals surface area contributed by atoms with Gasteiger partial charge in [0.05, 0.1) is 11.1 Å². The Balaban J connectivity index is 1.76. The first-order valence-electron chi connectivity index (χ1n) is 11.6. The van der Waals surface area contributed by atoms with Crippen molar-refractivity contribution in [1.82, 2.24) is 10.2 Å². The Bertz CT molecular complexity index is 983. The zero-order valence-corrected chi connectivity index (χ0v) is 19.5. The van der Waals surface area contributed by atoms with Crippen LogP contribution in [0.4, 0.5) is 24.5 Å². The predicted molar refractivity (Wildman–Crippen MR) is 127 cm³/mol. The highest BCUT2D eigenvalue weighted by Gasteiger charge is 2.30. The van der Waals surface area contributed by atoms with E-state index in [0.29, 0.717) is 17.8 Å². The van der Waals surface area contributed by atoms with Crippen LogP contribution in [0.3, 0.4) is 0 Å². The molecule has 0 bridgehead atoms. The lowest BCUT2D eigenvalue weighted by atomic mass is 10.1. The lowest BCUT2D eigenvalue weighted by Gasteiger charge is -2.23. The van der Waals surface area contributed by atoms with Gasteiger partial charge >= 0.3 is 6.18 Å². The molecule has 9 heteroatoms. The van der Waals surface area contributed by atoms with Gasteiger partial charge in [-0.25, -0.2) is 0 Å². The van der Waals surface area contributed by atoms with Gasteiger partial charge in [-0.1, -0.05) is 13.8 Å². The molecule has 1 aliphatic rings. The zero-order chi connectivity index (χ0) is 24.7. The molecule has 2 aromatic rings. The fourth-order valence-corrected chi connectivity index (χ4v) is 4.01. The summed E-state index contributed by atoms with van der Waals surface area (Å²) >= 11 is 0. The molecule has 1 aliphatic heterocycles. The molecule has 2 N–H and O–H groups in total. The third-order valence-corrected chi connectivity index (χ3v) is 6.03. The number of rotatable bonds is 9. The van der Waals surface area contributed by atoms with Gasteiger partial charge in [0.1, 0.15) is 0 Å². The maximum absolute atomic E-state index is 13.0. The summed E-state index contributed by atoms with van der Waals surface area (Å²) in [6, 6.07) is 9.17. The maximum Gasteiger partial charge on any atom is 0.416 e. The monoisotopic (exact) mass is 476 g/mol. The first kappa shape index (κ1) is 25.6. The SMILES string of the molecule is CCN(CC)CCNC(=O)c1cc(NC(=O)c2ccc(C(F)(F)F)cc2)ccc1N1CCCC1. The van der Waals surface area contributed by atoms with Crippen molar-refractivity contribution >= 4 is 23.2 Å². The van der Waals surface area contributed by atoms with Gasteiger partial charge in [-0.2, -0.15) is 13.2 Å². The molecule has 2 aromatic carbocycles. The number of hydrogen-bond donors (Lipinski definition) is 2. The van der Waals surface area contributed by atoms with E-state index >= 15 is 0 Å². The summed E-state index contributed by atoms with van der Waals surface area (Å²) in [7, 11) is 0. The zero-order valence-electron chi connectivity index (χ0n) is 19.5. The Morgan fingerprint density at radius 2 is 1.62 bits per heavy atom. The molecular formula is C25H31F3N4O2. The van der Waals surface area contributed by atoms with E-state index in [2.05, 4.69) is 34.3 Å².